The van der Waals surface area contributed by atoms with Gasteiger partial charge in [-0.1, -0.05) is 6.07 Å². The second kappa shape index (κ2) is 9.47. The summed E-state index contributed by atoms with van der Waals surface area (Å²) < 4.78 is 12.0. The van der Waals surface area contributed by atoms with E-state index in [1.54, 1.807) is 9.80 Å². The molecule has 3 heterocycles. The summed E-state index contributed by atoms with van der Waals surface area (Å²) in [5.74, 6) is 2.08. The fraction of sp³-hybridized carbons (Fsp3) is 0.565. The van der Waals surface area contributed by atoms with Gasteiger partial charge < -0.3 is 24.6 Å². The number of hydrogen-bond donors (Lipinski definition) is 3. The molecule has 0 aliphatic carbocycles. The first-order chi connectivity index (χ1) is 14.1. The predicted octanol–water partition coefficient (Wildman–Crippen LogP) is -0.312. The Morgan fingerprint density at radius 1 is 1.28 bits per heavy atom. The molecule has 158 valence electrons. The number of rotatable bonds is 8. The second-order valence-electron chi connectivity index (χ2n) is 8.55. The zero-order valence-corrected chi connectivity index (χ0v) is 18.8. The first kappa shape index (κ1) is 20.7. The summed E-state index contributed by atoms with van der Waals surface area (Å²) in [4.78, 5) is 4.92. The van der Waals surface area contributed by atoms with Crippen molar-refractivity contribution in [3.8, 4) is 11.5 Å². The predicted molar refractivity (Wildman–Crippen MR) is 116 cm³/mol. The van der Waals surface area contributed by atoms with E-state index in [9.17, 15) is 0 Å². The van der Waals surface area contributed by atoms with E-state index >= 15 is 0 Å². The van der Waals surface area contributed by atoms with Gasteiger partial charge in [0.2, 0.25) is 0 Å². The molecule has 1 fully saturated rings. The second-order valence-corrected chi connectivity index (χ2v) is 9.52. The molecule has 2 aliphatic heterocycles. The topological polar surface area (TPSA) is 44.0 Å². The van der Waals surface area contributed by atoms with Crippen LogP contribution >= 0.6 is 11.3 Å². The van der Waals surface area contributed by atoms with Crippen LogP contribution in [0, 0.1) is 0 Å². The molecule has 1 saturated heterocycles. The van der Waals surface area contributed by atoms with Gasteiger partial charge in [0.1, 0.15) is 56.9 Å². The van der Waals surface area contributed by atoms with Crippen LogP contribution in [0.2, 0.25) is 0 Å². The molecular weight excluding hydrogens is 382 g/mol. The van der Waals surface area contributed by atoms with Crippen molar-refractivity contribution < 1.29 is 24.6 Å². The molecule has 0 amide bonds. The van der Waals surface area contributed by atoms with E-state index in [0.29, 0.717) is 12.6 Å². The highest BCUT2D eigenvalue weighted by Gasteiger charge is 2.31. The lowest BCUT2D eigenvalue weighted by Crippen LogP contribution is -3.27. The zero-order chi connectivity index (χ0) is 20.2. The fourth-order valence-electron chi connectivity index (χ4n) is 4.66. The number of thiophene rings is 1. The third-order valence-electron chi connectivity index (χ3n) is 6.27. The molecule has 6 heteroatoms. The Hall–Kier alpha value is -1.60. The van der Waals surface area contributed by atoms with Crippen LogP contribution in [0.1, 0.15) is 35.9 Å². The molecule has 0 unspecified atom stereocenters. The van der Waals surface area contributed by atoms with Crippen LogP contribution < -0.4 is 24.6 Å². The van der Waals surface area contributed by atoms with E-state index in [-0.39, 0.29) is 6.10 Å². The number of fused-ring (bicyclic) bond motifs is 1. The Labute approximate surface area is 178 Å². The zero-order valence-electron chi connectivity index (χ0n) is 18.0. The average Bonchev–Trinajstić information content (AvgIpc) is 3.35. The summed E-state index contributed by atoms with van der Waals surface area (Å²) in [7, 11) is 2.31. The van der Waals surface area contributed by atoms with Gasteiger partial charge in [-0.15, -0.1) is 11.3 Å². The van der Waals surface area contributed by atoms with Crippen molar-refractivity contribution in [2.24, 2.45) is 0 Å². The molecule has 0 spiro atoms. The van der Waals surface area contributed by atoms with E-state index in [1.165, 1.54) is 42.2 Å². The van der Waals surface area contributed by atoms with Gasteiger partial charge in [0, 0.05) is 12.0 Å². The summed E-state index contributed by atoms with van der Waals surface area (Å²) in [5, 5.41) is 4.68. The number of nitrogens with one attached hydrogen (secondary N) is 2. The number of hydrogen-bond acceptors (Lipinski definition) is 3. The monoisotopic (exact) mass is 418 g/mol. The summed E-state index contributed by atoms with van der Waals surface area (Å²) in [5.41, 5.74) is 2.54. The summed E-state index contributed by atoms with van der Waals surface area (Å²) in [6, 6.07) is 9.50. The maximum absolute atomic E-state index is 6.00. The lowest BCUT2D eigenvalue weighted by Gasteiger charge is -2.32. The molecule has 1 aromatic heterocycles. The highest BCUT2D eigenvalue weighted by atomic mass is 32.1. The normalized spacial score (nSPS) is 24.7. The Morgan fingerprint density at radius 2 is 2.10 bits per heavy atom. The Bertz CT molecular complexity index is 788. The lowest BCUT2D eigenvalue weighted by molar-refractivity contribution is -1.02. The molecule has 0 saturated carbocycles. The van der Waals surface area contributed by atoms with E-state index in [0.717, 1.165) is 31.0 Å². The molecule has 5 nitrogen and oxygen atoms in total. The molecule has 29 heavy (non-hydrogen) atoms. The minimum absolute atomic E-state index is 0.268. The van der Waals surface area contributed by atoms with Crippen LogP contribution in [0.15, 0.2) is 29.6 Å². The van der Waals surface area contributed by atoms with Gasteiger partial charge in [-0.3, -0.25) is 0 Å². The van der Waals surface area contributed by atoms with Gasteiger partial charge in [-0.2, -0.15) is 0 Å². The minimum atomic E-state index is 0.268. The number of likely N-dealkylation sites (N-methyl/N-ethyl adjacent to an activating group) is 1. The van der Waals surface area contributed by atoms with Crippen molar-refractivity contribution in [2.75, 3.05) is 46.4 Å². The smallest absolute Gasteiger partial charge is 0.172 e. The third-order valence-corrected chi connectivity index (χ3v) is 7.26. The maximum Gasteiger partial charge on any atom is 0.172 e. The van der Waals surface area contributed by atoms with Crippen molar-refractivity contribution >= 4 is 11.3 Å². The van der Waals surface area contributed by atoms with Crippen molar-refractivity contribution in [2.45, 2.75) is 39.0 Å². The van der Waals surface area contributed by atoms with Crippen molar-refractivity contribution in [1.29, 1.82) is 0 Å². The minimum Gasteiger partial charge on any atom is -0.493 e. The van der Waals surface area contributed by atoms with Crippen LogP contribution in [0.5, 0.6) is 11.5 Å². The first-order valence-electron chi connectivity index (χ1n) is 11.1. The SMILES string of the molecule is CCOc1cc2c(cc1C[NH2+]C[C@H](c1cccs1)[NH+]1CC[NH+](C)CC1)O[C@@H](C)C2. The van der Waals surface area contributed by atoms with Crippen molar-refractivity contribution in [3.63, 3.8) is 0 Å². The number of piperazine rings is 1. The number of ether oxygens (including phenoxy) is 2. The Kier molecular flexibility index (Phi) is 6.75. The van der Waals surface area contributed by atoms with Crippen molar-refractivity contribution in [1.82, 2.24) is 0 Å². The first-order valence-corrected chi connectivity index (χ1v) is 12.0. The summed E-state index contributed by atoms with van der Waals surface area (Å²) in [6.07, 6.45) is 1.25. The summed E-state index contributed by atoms with van der Waals surface area (Å²) in [6.45, 7) is 12.0. The van der Waals surface area contributed by atoms with Gasteiger partial charge in [0.05, 0.1) is 24.1 Å². The molecule has 0 radical (unpaired) electrons. The van der Waals surface area contributed by atoms with E-state index in [1.807, 2.05) is 11.3 Å². The number of quaternary nitrogens is 3. The Morgan fingerprint density at radius 3 is 2.83 bits per heavy atom. The highest BCUT2D eigenvalue weighted by molar-refractivity contribution is 7.10. The molecule has 2 aliphatic rings. The molecular formula is C23H36N3O2S+3. The standard InChI is InChI=1S/C23H33N3O2S/c1-4-27-21-13-18-12-17(2)28-22(18)14-19(21)15-24-16-20(23-6-5-11-29-23)26-9-7-25(3)8-10-26/h5-6,11,13-14,17,20,24H,4,7-10,12,15-16H2,1-3H3/p+3/t17-,20+/m0/s1. The van der Waals surface area contributed by atoms with Crippen LogP contribution in [0.25, 0.3) is 0 Å². The molecule has 4 rings (SSSR count). The largest absolute Gasteiger partial charge is 0.493 e. The van der Waals surface area contributed by atoms with Crippen LogP contribution in [-0.4, -0.2) is 52.5 Å². The fourth-order valence-corrected chi connectivity index (χ4v) is 5.55. The highest BCUT2D eigenvalue weighted by Crippen LogP contribution is 2.34. The quantitative estimate of drug-likeness (QED) is 0.551. The van der Waals surface area contributed by atoms with Gasteiger partial charge in [-0.25, -0.2) is 0 Å². The van der Waals surface area contributed by atoms with Gasteiger partial charge in [0.15, 0.2) is 6.04 Å². The van der Waals surface area contributed by atoms with Gasteiger partial charge in [0.25, 0.3) is 0 Å². The van der Waals surface area contributed by atoms with E-state index < -0.39 is 0 Å². The Balaban J connectivity index is 1.44. The van der Waals surface area contributed by atoms with E-state index in [4.69, 9.17) is 9.47 Å². The van der Waals surface area contributed by atoms with Crippen LogP contribution in [-0.2, 0) is 13.0 Å². The van der Waals surface area contributed by atoms with Crippen LogP contribution in [0.3, 0.4) is 0 Å². The molecule has 1 aromatic carbocycles. The third kappa shape index (κ3) is 4.94. The van der Waals surface area contributed by atoms with Crippen molar-refractivity contribution in [3.05, 3.63) is 45.6 Å². The molecule has 2 atom stereocenters. The van der Waals surface area contributed by atoms with Gasteiger partial charge >= 0.3 is 0 Å². The maximum atomic E-state index is 6.00. The number of nitrogens with two attached hydrogens (primary N) is 1. The number of benzene rings is 1. The molecule has 0 bridgehead atoms. The molecule has 2 aromatic rings. The average molecular weight is 419 g/mol. The van der Waals surface area contributed by atoms with Gasteiger partial charge in [-0.05, 0) is 37.4 Å². The molecule has 4 N–H and O–H groups in total. The summed E-state index contributed by atoms with van der Waals surface area (Å²) >= 11 is 1.91. The van der Waals surface area contributed by atoms with Crippen LogP contribution in [0.4, 0.5) is 0 Å². The van der Waals surface area contributed by atoms with E-state index in [2.05, 4.69) is 55.9 Å². The lowest BCUT2D eigenvalue weighted by atomic mass is 10.1.